The molecule has 11 heavy (non-hydrogen) atoms. The maximum absolute atomic E-state index is 10.7. The summed E-state index contributed by atoms with van der Waals surface area (Å²) in [5.74, 6) is -0.371. The van der Waals surface area contributed by atoms with E-state index in [1.165, 1.54) is 4.90 Å². The van der Waals surface area contributed by atoms with E-state index in [4.69, 9.17) is 39.5 Å². The lowest BCUT2D eigenvalue weighted by molar-refractivity contribution is -0.141. The van der Waals surface area contributed by atoms with Crippen molar-refractivity contribution in [1.82, 2.24) is 4.90 Å². The molecule has 0 N–H and O–H groups in total. The van der Waals surface area contributed by atoms with Crippen molar-refractivity contribution in [2.24, 2.45) is 0 Å². The van der Waals surface area contributed by atoms with E-state index in [-0.39, 0.29) is 12.5 Å². The number of hydrogen-bond acceptors (Lipinski definition) is 3. The van der Waals surface area contributed by atoms with Gasteiger partial charge in [-0.3, -0.25) is 9.69 Å². The Morgan fingerprint density at radius 1 is 1.64 bits per heavy atom. The van der Waals surface area contributed by atoms with E-state index >= 15 is 0 Å². The van der Waals surface area contributed by atoms with Crippen molar-refractivity contribution in [3.63, 3.8) is 0 Å². The number of nitrogens with zero attached hydrogens (tertiary/aromatic N) is 1. The van der Waals surface area contributed by atoms with Crippen molar-refractivity contribution < 1.29 is 9.53 Å². The molecule has 1 atom stereocenters. The molecule has 0 bridgehead atoms. The predicted octanol–water partition coefficient (Wildman–Crippen LogP) is 1.17. The zero-order chi connectivity index (χ0) is 8.65. The Hall–Kier alpha value is 0.300. The minimum absolute atomic E-state index is 0.165. The van der Waals surface area contributed by atoms with Crippen LogP contribution in [0.4, 0.5) is 0 Å². The standard InChI is InChI=1S/C5H6Cl3NO2/c1-9-2-3(10)11-4(9)5(6,7)8/h4H,2H2,1H3. The maximum atomic E-state index is 10.7. The summed E-state index contributed by atoms with van der Waals surface area (Å²) in [6.45, 7) is 0.165. The summed E-state index contributed by atoms with van der Waals surface area (Å²) >= 11 is 16.5. The van der Waals surface area contributed by atoms with Gasteiger partial charge in [-0.1, -0.05) is 34.8 Å². The normalized spacial score (nSPS) is 27.3. The number of carbonyl (C=O) groups is 1. The van der Waals surface area contributed by atoms with Crippen LogP contribution < -0.4 is 0 Å². The first-order valence-corrected chi connectivity index (χ1v) is 4.01. The number of likely N-dealkylation sites (N-methyl/N-ethyl adjacent to an activating group) is 1. The molecule has 0 radical (unpaired) electrons. The number of esters is 1. The van der Waals surface area contributed by atoms with Crippen LogP contribution in [0.3, 0.4) is 0 Å². The molecule has 1 aliphatic rings. The molecule has 0 aliphatic carbocycles. The molecule has 1 rings (SSSR count). The molecule has 1 saturated heterocycles. The molecule has 1 unspecified atom stereocenters. The Bertz CT molecular complexity index is 179. The van der Waals surface area contributed by atoms with E-state index < -0.39 is 10.0 Å². The molecule has 1 heterocycles. The largest absolute Gasteiger partial charge is 0.441 e. The molecule has 0 aromatic heterocycles. The van der Waals surface area contributed by atoms with Crippen LogP contribution >= 0.6 is 34.8 Å². The lowest BCUT2D eigenvalue weighted by Gasteiger charge is -2.23. The van der Waals surface area contributed by atoms with Gasteiger partial charge < -0.3 is 4.74 Å². The van der Waals surface area contributed by atoms with E-state index in [0.717, 1.165) is 0 Å². The molecular formula is C5H6Cl3NO2. The van der Waals surface area contributed by atoms with E-state index in [0.29, 0.717) is 0 Å². The van der Waals surface area contributed by atoms with Gasteiger partial charge in [0.2, 0.25) is 10.0 Å². The van der Waals surface area contributed by atoms with Crippen molar-refractivity contribution in [2.45, 2.75) is 10.0 Å². The van der Waals surface area contributed by atoms with Gasteiger partial charge in [-0.2, -0.15) is 0 Å². The second-order valence-electron chi connectivity index (χ2n) is 2.30. The smallest absolute Gasteiger partial charge is 0.321 e. The van der Waals surface area contributed by atoms with Crippen LogP contribution in [0.5, 0.6) is 0 Å². The minimum Gasteiger partial charge on any atom is -0.441 e. The van der Waals surface area contributed by atoms with Crippen LogP contribution in [-0.2, 0) is 9.53 Å². The van der Waals surface area contributed by atoms with Gasteiger partial charge in [-0.25, -0.2) is 0 Å². The monoisotopic (exact) mass is 217 g/mol. The number of halogens is 3. The third kappa shape index (κ3) is 2.12. The number of rotatable bonds is 0. The van der Waals surface area contributed by atoms with Crippen LogP contribution in [0.25, 0.3) is 0 Å². The summed E-state index contributed by atoms with van der Waals surface area (Å²) < 4.78 is 3.16. The van der Waals surface area contributed by atoms with Crippen molar-refractivity contribution >= 4 is 40.8 Å². The Morgan fingerprint density at radius 3 is 2.36 bits per heavy atom. The van der Waals surface area contributed by atoms with Crippen LogP contribution in [0.15, 0.2) is 0 Å². The quantitative estimate of drug-likeness (QED) is 0.452. The molecule has 0 spiro atoms. The molecule has 1 aliphatic heterocycles. The number of cyclic esters (lactones) is 1. The average Bonchev–Trinajstić information content (AvgIpc) is 2.08. The predicted molar refractivity (Wildman–Crippen MR) is 42.8 cm³/mol. The van der Waals surface area contributed by atoms with Crippen molar-refractivity contribution in [3.8, 4) is 0 Å². The highest BCUT2D eigenvalue weighted by atomic mass is 35.6. The van der Waals surface area contributed by atoms with Crippen molar-refractivity contribution in [1.29, 1.82) is 0 Å². The third-order valence-corrected chi connectivity index (χ3v) is 1.86. The SMILES string of the molecule is CN1CC(=O)OC1C(Cl)(Cl)Cl. The molecule has 3 nitrogen and oxygen atoms in total. The van der Waals surface area contributed by atoms with Crippen LogP contribution in [0, 0.1) is 0 Å². The fourth-order valence-electron chi connectivity index (χ4n) is 0.855. The van der Waals surface area contributed by atoms with E-state index in [1.807, 2.05) is 0 Å². The van der Waals surface area contributed by atoms with Gasteiger partial charge in [0.15, 0.2) is 0 Å². The number of alkyl halides is 3. The van der Waals surface area contributed by atoms with Crippen LogP contribution in [-0.4, -0.2) is 34.5 Å². The van der Waals surface area contributed by atoms with Gasteiger partial charge in [0.25, 0.3) is 0 Å². The van der Waals surface area contributed by atoms with E-state index in [2.05, 4.69) is 0 Å². The highest BCUT2D eigenvalue weighted by Gasteiger charge is 2.43. The van der Waals surface area contributed by atoms with Gasteiger partial charge in [0.05, 0.1) is 6.54 Å². The Labute approximate surface area is 79.1 Å². The van der Waals surface area contributed by atoms with E-state index in [9.17, 15) is 4.79 Å². The Kier molecular flexibility index (Phi) is 2.54. The van der Waals surface area contributed by atoms with E-state index in [1.54, 1.807) is 7.05 Å². The maximum Gasteiger partial charge on any atom is 0.321 e. The molecular weight excluding hydrogens is 212 g/mol. The summed E-state index contributed by atoms with van der Waals surface area (Å²) in [6.07, 6.45) is -0.764. The minimum atomic E-state index is -1.57. The molecule has 64 valence electrons. The highest BCUT2D eigenvalue weighted by molar-refractivity contribution is 6.68. The average molecular weight is 218 g/mol. The molecule has 6 heteroatoms. The van der Waals surface area contributed by atoms with Crippen molar-refractivity contribution in [3.05, 3.63) is 0 Å². The summed E-state index contributed by atoms with van der Waals surface area (Å²) in [6, 6.07) is 0. The van der Waals surface area contributed by atoms with Gasteiger partial charge in [-0.05, 0) is 7.05 Å². The second kappa shape index (κ2) is 2.98. The zero-order valence-electron chi connectivity index (χ0n) is 5.68. The summed E-state index contributed by atoms with van der Waals surface area (Å²) in [4.78, 5) is 12.2. The Balaban J connectivity index is 2.67. The van der Waals surface area contributed by atoms with Gasteiger partial charge in [-0.15, -0.1) is 0 Å². The summed E-state index contributed by atoms with van der Waals surface area (Å²) in [7, 11) is 1.65. The molecule has 0 aromatic carbocycles. The first kappa shape index (κ1) is 9.39. The van der Waals surface area contributed by atoms with Crippen LogP contribution in [0.1, 0.15) is 0 Å². The van der Waals surface area contributed by atoms with Gasteiger partial charge in [0, 0.05) is 0 Å². The van der Waals surface area contributed by atoms with Gasteiger partial charge >= 0.3 is 5.97 Å². The topological polar surface area (TPSA) is 29.5 Å². The summed E-state index contributed by atoms with van der Waals surface area (Å²) in [5, 5.41) is 0. The molecule has 1 fully saturated rings. The Morgan fingerprint density at radius 2 is 2.18 bits per heavy atom. The molecule has 0 aromatic rings. The van der Waals surface area contributed by atoms with Gasteiger partial charge in [0.1, 0.15) is 0 Å². The first-order chi connectivity index (χ1) is 4.91. The lowest BCUT2D eigenvalue weighted by Crippen LogP contribution is -2.37. The highest BCUT2D eigenvalue weighted by Crippen LogP contribution is 2.35. The third-order valence-electron chi connectivity index (χ3n) is 1.30. The fourth-order valence-corrected chi connectivity index (χ4v) is 1.49. The number of ether oxygens (including phenoxy) is 1. The molecule has 0 saturated carbocycles. The fraction of sp³-hybridized carbons (Fsp3) is 0.800. The summed E-state index contributed by atoms with van der Waals surface area (Å²) in [5.41, 5.74) is 0. The molecule has 0 amide bonds. The zero-order valence-corrected chi connectivity index (χ0v) is 7.95. The first-order valence-electron chi connectivity index (χ1n) is 2.87. The lowest BCUT2D eigenvalue weighted by atomic mass is 10.5. The van der Waals surface area contributed by atoms with Crippen LogP contribution in [0.2, 0.25) is 0 Å². The second-order valence-corrected chi connectivity index (χ2v) is 4.67. The van der Waals surface area contributed by atoms with Crippen molar-refractivity contribution in [2.75, 3.05) is 13.6 Å². The number of carbonyl (C=O) groups excluding carboxylic acids is 1. The number of hydrogen-bond donors (Lipinski definition) is 0.